The number of aromatic carboxylic acids is 1. The van der Waals surface area contributed by atoms with Crippen LogP contribution in [0.3, 0.4) is 0 Å². The summed E-state index contributed by atoms with van der Waals surface area (Å²) < 4.78 is 7.78. The van der Waals surface area contributed by atoms with Gasteiger partial charge in [-0.25, -0.2) is 4.79 Å². The van der Waals surface area contributed by atoms with E-state index in [2.05, 4.69) is 32.8 Å². The Morgan fingerprint density at radius 2 is 1.84 bits per heavy atom. The lowest BCUT2D eigenvalue weighted by Gasteiger charge is -2.28. The van der Waals surface area contributed by atoms with Gasteiger partial charge in [0.25, 0.3) is 0 Å². The highest BCUT2D eigenvalue weighted by Gasteiger charge is 2.42. The molecule has 0 bridgehead atoms. The fourth-order valence-corrected chi connectivity index (χ4v) is 5.61. The predicted molar refractivity (Wildman–Crippen MR) is 152 cm³/mol. The number of carboxylic acid groups (broad SMARTS) is 1. The molecule has 8 heteroatoms. The molecule has 194 valence electrons. The maximum atomic E-state index is 11.7. The number of aromatic nitrogens is 2. The van der Waals surface area contributed by atoms with E-state index in [9.17, 15) is 9.90 Å². The lowest BCUT2D eigenvalue weighted by molar-refractivity contribution is 0.0697. The highest BCUT2D eigenvalue weighted by atomic mass is 32.1. The molecule has 2 aromatic heterocycles. The van der Waals surface area contributed by atoms with Crippen molar-refractivity contribution in [1.29, 1.82) is 0 Å². The highest BCUT2D eigenvalue weighted by molar-refractivity contribution is 7.80. The quantitative estimate of drug-likeness (QED) is 0.283. The van der Waals surface area contributed by atoms with Crippen LogP contribution >= 0.6 is 12.2 Å². The molecule has 38 heavy (non-hydrogen) atoms. The van der Waals surface area contributed by atoms with Crippen LogP contribution in [0.15, 0.2) is 72.9 Å². The molecular weight excluding hydrogens is 496 g/mol. The lowest BCUT2D eigenvalue weighted by Crippen LogP contribution is -2.29. The van der Waals surface area contributed by atoms with E-state index in [1.165, 1.54) is 0 Å². The van der Waals surface area contributed by atoms with Gasteiger partial charge < -0.3 is 24.6 Å². The standard InChI is InChI=1S/C30H30N4O3S/c1-5-37-23-13-11-22(12-14-23)34-28(27(32-30(34)38)25-8-6-7-15-31-25)24-16-19(3)33(20(24)4)26-17-21(29(35)36)10-9-18(26)2/h6-17,27-28H,5H2,1-4H3,(H,32,38)(H,35,36). The third kappa shape index (κ3) is 4.52. The summed E-state index contributed by atoms with van der Waals surface area (Å²) in [4.78, 5) is 18.5. The van der Waals surface area contributed by atoms with Crippen molar-refractivity contribution in [2.75, 3.05) is 11.5 Å². The minimum atomic E-state index is -0.948. The molecule has 2 unspecified atom stereocenters. The minimum Gasteiger partial charge on any atom is -0.494 e. The van der Waals surface area contributed by atoms with Gasteiger partial charge in [0.05, 0.1) is 29.9 Å². The first-order valence-corrected chi connectivity index (χ1v) is 13.0. The molecule has 1 aliphatic rings. The van der Waals surface area contributed by atoms with Crippen molar-refractivity contribution < 1.29 is 14.6 Å². The number of carbonyl (C=O) groups is 1. The number of pyridine rings is 1. The van der Waals surface area contributed by atoms with E-state index in [4.69, 9.17) is 17.0 Å². The molecule has 0 spiro atoms. The van der Waals surface area contributed by atoms with Crippen LogP contribution in [0, 0.1) is 20.8 Å². The van der Waals surface area contributed by atoms with Crippen LogP contribution in [0.25, 0.3) is 5.69 Å². The Hall–Kier alpha value is -4.17. The van der Waals surface area contributed by atoms with Crippen molar-refractivity contribution in [2.24, 2.45) is 0 Å². The fraction of sp³-hybridized carbons (Fsp3) is 0.233. The monoisotopic (exact) mass is 526 g/mol. The third-order valence-corrected chi connectivity index (χ3v) is 7.32. The highest BCUT2D eigenvalue weighted by Crippen LogP contribution is 2.44. The Morgan fingerprint density at radius 1 is 1.08 bits per heavy atom. The van der Waals surface area contributed by atoms with Crippen LogP contribution in [0.1, 0.15) is 57.6 Å². The molecule has 2 atom stereocenters. The van der Waals surface area contributed by atoms with Crippen LogP contribution < -0.4 is 15.0 Å². The molecule has 0 radical (unpaired) electrons. The number of hydrogen-bond acceptors (Lipinski definition) is 4. The second kappa shape index (κ2) is 10.3. The van der Waals surface area contributed by atoms with Gasteiger partial charge in [-0.15, -0.1) is 0 Å². The first kappa shape index (κ1) is 25.5. The second-order valence-corrected chi connectivity index (χ2v) is 9.78. The minimum absolute atomic E-state index is 0.182. The number of ether oxygens (including phenoxy) is 1. The number of nitrogens with zero attached hydrogens (tertiary/aromatic N) is 3. The molecule has 1 saturated heterocycles. The van der Waals surface area contributed by atoms with Gasteiger partial charge in [-0.2, -0.15) is 0 Å². The fourth-order valence-electron chi connectivity index (χ4n) is 5.26. The normalized spacial score (nSPS) is 16.9. The summed E-state index contributed by atoms with van der Waals surface area (Å²) in [5.41, 5.74) is 7.04. The van der Waals surface area contributed by atoms with Crippen LogP contribution in [-0.4, -0.2) is 32.3 Å². The molecule has 3 heterocycles. The van der Waals surface area contributed by atoms with Gasteiger partial charge in [-0.05, 0) is 106 Å². The Labute approximate surface area is 227 Å². The number of rotatable bonds is 7. The topological polar surface area (TPSA) is 79.6 Å². The largest absolute Gasteiger partial charge is 0.494 e. The molecule has 7 nitrogen and oxygen atoms in total. The molecule has 1 fully saturated rings. The van der Waals surface area contributed by atoms with Gasteiger partial charge >= 0.3 is 5.97 Å². The maximum Gasteiger partial charge on any atom is 0.335 e. The van der Waals surface area contributed by atoms with Gasteiger partial charge in [0.2, 0.25) is 0 Å². The van der Waals surface area contributed by atoms with Crippen molar-refractivity contribution in [3.63, 3.8) is 0 Å². The van der Waals surface area contributed by atoms with E-state index in [1.807, 2.05) is 69.3 Å². The Morgan fingerprint density at radius 3 is 2.50 bits per heavy atom. The summed E-state index contributed by atoms with van der Waals surface area (Å²) >= 11 is 5.89. The second-order valence-electron chi connectivity index (χ2n) is 9.39. The van der Waals surface area contributed by atoms with Gasteiger partial charge in [0, 0.05) is 29.0 Å². The molecule has 2 N–H and O–H groups in total. The first-order valence-electron chi connectivity index (χ1n) is 12.6. The van der Waals surface area contributed by atoms with Crippen molar-refractivity contribution in [3.05, 3.63) is 107 Å². The SMILES string of the molecule is CCOc1ccc(N2C(=S)NC(c3ccccn3)C2c2cc(C)n(-c3cc(C(=O)O)ccc3C)c2C)cc1. The average Bonchev–Trinajstić information content (AvgIpc) is 3.40. The third-order valence-electron chi connectivity index (χ3n) is 7.01. The van der Waals surface area contributed by atoms with E-state index >= 15 is 0 Å². The van der Waals surface area contributed by atoms with E-state index in [0.717, 1.165) is 45.3 Å². The molecule has 2 aromatic carbocycles. The predicted octanol–water partition coefficient (Wildman–Crippen LogP) is 6.07. The number of anilines is 1. The number of carboxylic acids is 1. The van der Waals surface area contributed by atoms with Crippen molar-refractivity contribution in [3.8, 4) is 11.4 Å². The van der Waals surface area contributed by atoms with Crippen LogP contribution in [0.4, 0.5) is 5.69 Å². The molecular formula is C30H30N4O3S. The van der Waals surface area contributed by atoms with E-state index in [-0.39, 0.29) is 17.6 Å². The number of nitrogens with one attached hydrogen (secondary N) is 1. The van der Waals surface area contributed by atoms with Crippen LogP contribution in [0.2, 0.25) is 0 Å². The van der Waals surface area contributed by atoms with Crippen molar-refractivity contribution in [2.45, 2.75) is 39.8 Å². The molecule has 0 amide bonds. The van der Waals surface area contributed by atoms with Gasteiger partial charge in [0.15, 0.2) is 5.11 Å². The van der Waals surface area contributed by atoms with Gasteiger partial charge in [-0.1, -0.05) is 12.1 Å². The Bertz CT molecular complexity index is 1500. The number of thiocarbonyl (C=S) groups is 1. The van der Waals surface area contributed by atoms with E-state index in [1.54, 1.807) is 18.3 Å². The lowest BCUT2D eigenvalue weighted by atomic mass is 9.96. The molecule has 4 aromatic rings. The number of hydrogen-bond donors (Lipinski definition) is 2. The summed E-state index contributed by atoms with van der Waals surface area (Å²) in [6, 6.07) is 20.9. The summed E-state index contributed by atoms with van der Waals surface area (Å²) in [5.74, 6) is -0.143. The summed E-state index contributed by atoms with van der Waals surface area (Å²) in [7, 11) is 0. The molecule has 1 aliphatic heterocycles. The van der Waals surface area contributed by atoms with Crippen LogP contribution in [-0.2, 0) is 0 Å². The summed E-state index contributed by atoms with van der Waals surface area (Å²) in [6.07, 6.45) is 1.79. The van der Waals surface area contributed by atoms with E-state index in [0.29, 0.717) is 11.7 Å². The van der Waals surface area contributed by atoms with Gasteiger partial charge in [-0.3, -0.25) is 4.98 Å². The maximum absolute atomic E-state index is 11.7. The zero-order valence-electron chi connectivity index (χ0n) is 21.8. The van der Waals surface area contributed by atoms with Crippen molar-refractivity contribution >= 4 is 29.0 Å². The Kier molecular flexibility index (Phi) is 6.91. The smallest absolute Gasteiger partial charge is 0.335 e. The first-order chi connectivity index (χ1) is 18.3. The van der Waals surface area contributed by atoms with Crippen molar-refractivity contribution in [1.82, 2.24) is 14.9 Å². The molecule has 0 saturated carbocycles. The number of benzene rings is 2. The number of aryl methyl sites for hydroxylation is 2. The summed E-state index contributed by atoms with van der Waals surface area (Å²) in [5, 5.41) is 13.7. The summed E-state index contributed by atoms with van der Waals surface area (Å²) in [6.45, 7) is 8.67. The zero-order valence-corrected chi connectivity index (χ0v) is 22.6. The molecule has 0 aliphatic carbocycles. The van der Waals surface area contributed by atoms with Crippen LogP contribution in [0.5, 0.6) is 5.75 Å². The Balaban J connectivity index is 1.66. The molecule has 5 rings (SSSR count). The van der Waals surface area contributed by atoms with E-state index < -0.39 is 5.97 Å². The van der Waals surface area contributed by atoms with Gasteiger partial charge in [0.1, 0.15) is 5.75 Å². The average molecular weight is 527 g/mol. The zero-order chi connectivity index (χ0) is 27.0.